The zero-order valence-corrected chi connectivity index (χ0v) is 18.3. The Bertz CT molecular complexity index is 1170. The van der Waals surface area contributed by atoms with Gasteiger partial charge in [-0.1, -0.05) is 11.6 Å². The van der Waals surface area contributed by atoms with E-state index in [0.29, 0.717) is 23.2 Å². The molecule has 1 fully saturated rings. The minimum Gasteiger partial charge on any atom is -0.368 e. The van der Waals surface area contributed by atoms with Crippen LogP contribution in [0.4, 0.5) is 28.3 Å². The predicted octanol–water partition coefficient (Wildman–Crippen LogP) is 1.17. The van der Waals surface area contributed by atoms with Crippen LogP contribution in [0.3, 0.4) is 0 Å². The number of anilines is 4. The van der Waals surface area contributed by atoms with Crippen molar-refractivity contribution >= 4 is 69.4 Å². The summed E-state index contributed by atoms with van der Waals surface area (Å²) in [6.07, 6.45) is 1.79. The van der Waals surface area contributed by atoms with Gasteiger partial charge in [0.15, 0.2) is 5.11 Å². The number of rotatable bonds is 4. The van der Waals surface area contributed by atoms with E-state index in [1.807, 2.05) is 29.2 Å². The zero-order valence-electron chi connectivity index (χ0n) is 16.7. The summed E-state index contributed by atoms with van der Waals surface area (Å²) in [6, 6.07) is 6.93. The molecule has 12 nitrogen and oxygen atoms in total. The van der Waals surface area contributed by atoms with Crippen LogP contribution in [-0.2, 0) is 0 Å². The molecule has 0 radical (unpaired) electrons. The van der Waals surface area contributed by atoms with Gasteiger partial charge in [0.2, 0.25) is 17.8 Å². The van der Waals surface area contributed by atoms with Gasteiger partial charge in [0, 0.05) is 48.5 Å². The Balaban J connectivity index is 1.40. The van der Waals surface area contributed by atoms with E-state index < -0.39 is 6.03 Å². The van der Waals surface area contributed by atoms with E-state index in [0.717, 1.165) is 29.7 Å². The van der Waals surface area contributed by atoms with E-state index in [9.17, 15) is 4.79 Å². The Morgan fingerprint density at radius 2 is 1.84 bits per heavy atom. The Hall–Kier alpha value is -3.71. The molecule has 1 aromatic carbocycles. The van der Waals surface area contributed by atoms with Gasteiger partial charge in [-0.05, 0) is 36.5 Å². The van der Waals surface area contributed by atoms with Gasteiger partial charge in [0.05, 0.1) is 5.52 Å². The topological polar surface area (TPSA) is 163 Å². The summed E-state index contributed by atoms with van der Waals surface area (Å²) >= 11 is 11.6. The highest BCUT2D eigenvalue weighted by atomic mass is 35.5. The maximum Gasteiger partial charge on any atom is 0.330 e. The van der Waals surface area contributed by atoms with Crippen LogP contribution in [0, 0.1) is 0 Å². The Kier molecular flexibility index (Phi) is 6.18. The van der Waals surface area contributed by atoms with Gasteiger partial charge in [-0.3, -0.25) is 10.4 Å². The molecule has 7 N–H and O–H groups in total. The second-order valence-corrected chi connectivity index (χ2v) is 7.67. The lowest BCUT2D eigenvalue weighted by molar-refractivity contribution is 0.250. The number of fused-ring (bicyclic) bond motifs is 1. The highest BCUT2D eigenvalue weighted by Crippen LogP contribution is 2.28. The van der Waals surface area contributed by atoms with Crippen LogP contribution >= 0.6 is 23.8 Å². The smallest absolute Gasteiger partial charge is 0.330 e. The largest absolute Gasteiger partial charge is 0.368 e. The highest BCUT2D eigenvalue weighted by molar-refractivity contribution is 7.80. The van der Waals surface area contributed by atoms with Gasteiger partial charge >= 0.3 is 6.03 Å². The number of benzene rings is 1. The first-order valence-corrected chi connectivity index (χ1v) is 10.4. The zero-order chi connectivity index (χ0) is 22.7. The number of carbonyl (C=O) groups excluding carboxylic acids is 1. The fourth-order valence-corrected chi connectivity index (χ4v) is 3.77. The molecule has 3 aromatic rings. The normalized spacial score (nSPS) is 13.7. The minimum atomic E-state index is -0.794. The number of pyridine rings is 1. The number of nitrogens with zero attached hydrogens (tertiary/aromatic N) is 6. The molecule has 0 bridgehead atoms. The number of nitrogens with two attached hydrogens (primary N) is 2. The number of amides is 2. The van der Waals surface area contributed by atoms with Crippen LogP contribution in [0.1, 0.15) is 0 Å². The molecule has 166 valence electrons. The van der Waals surface area contributed by atoms with Crippen molar-refractivity contribution in [3.8, 4) is 0 Å². The van der Waals surface area contributed by atoms with Crippen molar-refractivity contribution in [2.24, 2.45) is 5.73 Å². The van der Waals surface area contributed by atoms with Crippen molar-refractivity contribution in [3.63, 3.8) is 0 Å². The van der Waals surface area contributed by atoms with Crippen molar-refractivity contribution in [1.29, 1.82) is 0 Å². The van der Waals surface area contributed by atoms with Crippen LogP contribution in [0.15, 0.2) is 30.5 Å². The van der Waals surface area contributed by atoms with Gasteiger partial charge in [-0.25, -0.2) is 10.2 Å². The lowest BCUT2D eigenvalue weighted by atomic mass is 10.1. The summed E-state index contributed by atoms with van der Waals surface area (Å²) in [5.41, 5.74) is 17.3. The molecule has 2 aromatic heterocycles. The van der Waals surface area contributed by atoms with Crippen LogP contribution in [0.25, 0.3) is 10.9 Å². The van der Waals surface area contributed by atoms with Crippen molar-refractivity contribution in [3.05, 3.63) is 35.5 Å². The molecular formula is C18H20ClN11OS. The average Bonchev–Trinajstić information content (AvgIpc) is 2.77. The van der Waals surface area contributed by atoms with Gasteiger partial charge in [-0.2, -0.15) is 15.0 Å². The Morgan fingerprint density at radius 3 is 2.59 bits per heavy atom. The molecule has 3 heterocycles. The van der Waals surface area contributed by atoms with Crippen molar-refractivity contribution in [2.75, 3.05) is 47.6 Å². The Labute approximate surface area is 193 Å². The van der Waals surface area contributed by atoms with Crippen LogP contribution in [0.5, 0.6) is 0 Å². The molecule has 4 rings (SSSR count). The maximum atomic E-state index is 10.8. The maximum absolute atomic E-state index is 10.8. The number of primary amides is 1. The summed E-state index contributed by atoms with van der Waals surface area (Å²) in [4.78, 5) is 31.5. The van der Waals surface area contributed by atoms with E-state index in [4.69, 9.17) is 35.3 Å². The Morgan fingerprint density at radius 1 is 1.09 bits per heavy atom. The van der Waals surface area contributed by atoms with Crippen molar-refractivity contribution < 1.29 is 4.79 Å². The summed E-state index contributed by atoms with van der Waals surface area (Å²) in [5.74, 6) is 0.125. The molecule has 0 unspecified atom stereocenters. The second kappa shape index (κ2) is 9.20. The van der Waals surface area contributed by atoms with Crippen molar-refractivity contribution in [2.45, 2.75) is 0 Å². The lowest BCUT2D eigenvalue weighted by Crippen LogP contribution is -2.50. The quantitative estimate of drug-likeness (QED) is 0.273. The number of nitrogens with one attached hydrogen (secondary N) is 3. The number of urea groups is 1. The molecule has 0 saturated carbocycles. The molecule has 0 atom stereocenters. The molecule has 0 spiro atoms. The van der Waals surface area contributed by atoms with Crippen LogP contribution in [0.2, 0.25) is 5.02 Å². The van der Waals surface area contributed by atoms with Crippen LogP contribution < -0.4 is 32.5 Å². The SMILES string of the molecule is NC(=O)NNc1nc(N)nc(NC(=S)N2CCN(c3ccnc4cc(Cl)ccc34)CC2)n1. The molecule has 14 heteroatoms. The minimum absolute atomic E-state index is 0.0242. The van der Waals surface area contributed by atoms with Gasteiger partial charge in [0.1, 0.15) is 0 Å². The monoisotopic (exact) mass is 473 g/mol. The molecule has 0 aliphatic carbocycles. The molecule has 1 aliphatic rings. The predicted molar refractivity (Wildman–Crippen MR) is 127 cm³/mol. The number of nitrogen functional groups attached to an aromatic ring is 1. The molecule has 1 saturated heterocycles. The number of piperazine rings is 1. The third kappa shape index (κ3) is 4.95. The third-order valence-electron chi connectivity index (χ3n) is 4.76. The summed E-state index contributed by atoms with van der Waals surface area (Å²) in [7, 11) is 0. The number of hydrogen-bond donors (Lipinski definition) is 5. The number of halogens is 1. The van der Waals surface area contributed by atoms with Crippen LogP contribution in [-0.4, -0.2) is 62.2 Å². The summed E-state index contributed by atoms with van der Waals surface area (Å²) in [6.45, 7) is 2.91. The first kappa shape index (κ1) is 21.5. The first-order chi connectivity index (χ1) is 15.4. The number of carbonyl (C=O) groups is 1. The van der Waals surface area contributed by atoms with Crippen molar-refractivity contribution in [1.82, 2.24) is 30.3 Å². The summed E-state index contributed by atoms with van der Waals surface area (Å²) < 4.78 is 0. The average molecular weight is 474 g/mol. The number of hydrogen-bond acceptors (Lipinski definition) is 9. The standard InChI is InChI=1S/C18H20ClN11OS/c19-10-1-2-11-12(9-10)22-4-3-13(11)29-5-7-30(8-6-29)18(32)26-16-23-14(20)24-17(25-16)28-27-15(21)31/h1-4,9H,5-8H2,(H3,21,27,31)(H4,20,23,24,25,26,28,32). The van der Waals surface area contributed by atoms with E-state index in [2.05, 4.69) is 41.0 Å². The highest BCUT2D eigenvalue weighted by Gasteiger charge is 2.21. The van der Waals surface area contributed by atoms with Gasteiger partial charge in [0.25, 0.3) is 0 Å². The number of thiocarbonyl (C=S) groups is 1. The summed E-state index contributed by atoms with van der Waals surface area (Å²) in [5, 5.41) is 5.12. The molecule has 1 aliphatic heterocycles. The molecule has 2 amide bonds. The van der Waals surface area contributed by atoms with Gasteiger partial charge in [-0.15, -0.1) is 0 Å². The molecular weight excluding hydrogens is 454 g/mol. The lowest BCUT2D eigenvalue weighted by Gasteiger charge is -2.37. The van der Waals surface area contributed by atoms with E-state index in [-0.39, 0.29) is 17.8 Å². The fraction of sp³-hybridized carbons (Fsp3) is 0.222. The van der Waals surface area contributed by atoms with E-state index in [1.54, 1.807) is 6.20 Å². The number of aromatic nitrogens is 4. The third-order valence-corrected chi connectivity index (χ3v) is 5.35. The van der Waals surface area contributed by atoms with E-state index in [1.165, 1.54) is 0 Å². The fourth-order valence-electron chi connectivity index (χ4n) is 3.33. The second-order valence-electron chi connectivity index (χ2n) is 6.85. The first-order valence-electron chi connectivity index (χ1n) is 9.57. The number of hydrazine groups is 1. The molecule has 32 heavy (non-hydrogen) atoms. The van der Waals surface area contributed by atoms with E-state index >= 15 is 0 Å². The van der Waals surface area contributed by atoms with Gasteiger partial charge < -0.3 is 26.6 Å².